The number of piperazine rings is 1. The molecule has 5 amide bonds. The summed E-state index contributed by atoms with van der Waals surface area (Å²) in [6.45, 7) is 7.01. The number of unbranched alkanes of at least 4 members (excludes halogenated alkanes) is 2. The summed E-state index contributed by atoms with van der Waals surface area (Å²) in [6.07, 6.45) is 9.58. The van der Waals surface area contributed by atoms with Crippen LogP contribution >= 0.6 is 0 Å². The smallest absolute Gasteiger partial charge is 0.266 e. The minimum Gasteiger partial charge on any atom is -0.493 e. The van der Waals surface area contributed by atoms with Crippen LogP contribution in [0.25, 0.3) is 34.4 Å². The Morgan fingerprint density at radius 3 is 2.34 bits per heavy atom. The molecule has 15 nitrogen and oxygen atoms in total. The van der Waals surface area contributed by atoms with E-state index in [-0.39, 0.29) is 35.8 Å². The van der Waals surface area contributed by atoms with Gasteiger partial charge in [-0.3, -0.25) is 43.7 Å². The molecule has 1 unspecified atom stereocenters. The Bertz CT molecular complexity index is 3190. The number of pyridine rings is 1. The number of piperidine rings is 1. The number of rotatable bonds is 14. The number of likely N-dealkylation sites (N-methyl/N-ethyl adjacent to an activating group) is 1. The van der Waals surface area contributed by atoms with E-state index in [1.807, 2.05) is 78.7 Å². The molecule has 6 aromatic rings. The summed E-state index contributed by atoms with van der Waals surface area (Å²) < 4.78 is 6.03. The van der Waals surface area contributed by atoms with Crippen molar-refractivity contribution in [3.63, 3.8) is 0 Å². The largest absolute Gasteiger partial charge is 0.493 e. The van der Waals surface area contributed by atoms with Crippen molar-refractivity contribution in [2.45, 2.75) is 51.1 Å². The van der Waals surface area contributed by atoms with Crippen molar-refractivity contribution in [1.29, 1.82) is 0 Å². The van der Waals surface area contributed by atoms with E-state index in [0.717, 1.165) is 119 Å². The average molecular weight is 976 g/mol. The van der Waals surface area contributed by atoms with Crippen LogP contribution in [0.4, 0.5) is 5.82 Å². The van der Waals surface area contributed by atoms with Crippen molar-refractivity contribution in [3.05, 3.63) is 148 Å². The molecule has 4 aliphatic rings. The van der Waals surface area contributed by atoms with Gasteiger partial charge in [0.15, 0.2) is 5.82 Å². The van der Waals surface area contributed by atoms with Crippen LogP contribution in [0.3, 0.4) is 0 Å². The number of ether oxygens (including phenoxy) is 1. The van der Waals surface area contributed by atoms with Crippen molar-refractivity contribution in [3.8, 4) is 29.0 Å². The second-order valence-corrected chi connectivity index (χ2v) is 18.9. The second-order valence-electron chi connectivity index (χ2n) is 18.9. The number of amides is 5. The predicted molar refractivity (Wildman–Crippen MR) is 279 cm³/mol. The topological polar surface area (TPSA) is 161 Å². The normalized spacial score (nSPS) is 17.2. The summed E-state index contributed by atoms with van der Waals surface area (Å²) >= 11 is 0. The Kier molecular flexibility index (Phi) is 14.5. The number of nitrogens with zero attached hydrogens (tertiary/aromatic N) is 8. The molecule has 2 saturated heterocycles. The van der Waals surface area contributed by atoms with Gasteiger partial charge in [-0.15, -0.1) is 0 Å². The highest BCUT2D eigenvalue weighted by molar-refractivity contribution is 6.24. The number of carbonyl (C=O) groups excluding carboxylic acids is 5. The van der Waals surface area contributed by atoms with E-state index in [1.54, 1.807) is 24.4 Å². The van der Waals surface area contributed by atoms with Crippen molar-refractivity contribution in [2.75, 3.05) is 71.8 Å². The number of hydrogen-bond acceptors (Lipinski definition) is 12. The lowest BCUT2D eigenvalue weighted by Crippen LogP contribution is -2.54. The maximum absolute atomic E-state index is 13.7. The molecule has 15 heteroatoms. The molecule has 370 valence electrons. The molecular formula is C58H57N9O6. The summed E-state index contributed by atoms with van der Waals surface area (Å²) in [4.78, 5) is 88.3. The van der Waals surface area contributed by atoms with Gasteiger partial charge in [0, 0.05) is 87.1 Å². The van der Waals surface area contributed by atoms with E-state index in [0.29, 0.717) is 43.3 Å². The van der Waals surface area contributed by atoms with Gasteiger partial charge in [0.25, 0.3) is 23.6 Å². The molecule has 0 aliphatic carbocycles. The fourth-order valence-corrected chi connectivity index (χ4v) is 9.96. The highest BCUT2D eigenvalue weighted by atomic mass is 16.5. The first-order valence-corrected chi connectivity index (χ1v) is 25.1. The molecule has 1 atom stereocenters. The lowest BCUT2D eigenvalue weighted by molar-refractivity contribution is -0.149. The van der Waals surface area contributed by atoms with E-state index in [9.17, 15) is 24.0 Å². The number of para-hydroxylation sites is 1. The Labute approximate surface area is 424 Å². The number of fused-ring (bicyclic) bond motifs is 3. The third-order valence-electron chi connectivity index (χ3n) is 14.2. The number of likely N-dealkylation sites (tertiary alicyclic amines) is 1. The van der Waals surface area contributed by atoms with Crippen LogP contribution in [-0.4, -0.2) is 142 Å². The summed E-state index contributed by atoms with van der Waals surface area (Å²) in [7, 11) is 3.24. The van der Waals surface area contributed by atoms with Crippen LogP contribution in [0.15, 0.2) is 103 Å². The number of aromatic nitrogens is 3. The zero-order valence-corrected chi connectivity index (χ0v) is 41.2. The van der Waals surface area contributed by atoms with E-state index in [2.05, 4.69) is 56.2 Å². The van der Waals surface area contributed by atoms with Crippen LogP contribution in [0, 0.1) is 11.8 Å². The Morgan fingerprint density at radius 1 is 0.808 bits per heavy atom. The standard InChI is InChI=1S/C58H57N9O6/c1-59-54-45-27-30-66(38-48(45)61-53(62-54)44-36-43-11-4-5-13-47(43)60-37-44)55(69)42-23-21-41(22-24-42)20-19-40-17-15-39(16-18-40)10-9-29-65-33-31-64(32-34-65)28-6-3-7-35-73-50-14-8-12-46-52(50)58(72)67(56(46)70)49-25-26-51(68)63(2)57(49)71/h4-5,8,11-24,36-37,49H,3,6-7,25-35,38H2,1-2H3,(H,59,61,62)/b20-19+. The van der Waals surface area contributed by atoms with Crippen molar-refractivity contribution >= 4 is 58.4 Å². The minimum atomic E-state index is -0.995. The SMILES string of the molecule is CNc1nc(-c2cnc3ccccc3c2)nc2c1CCN(C(=O)c1ccc(/C=C/c3ccc(C#CCN4CCN(CCCCCOc5cccc6c5C(=O)N(C5CCC(=O)N(C)C5=O)C6=O)CC4)cc3)cc1)C2. The maximum Gasteiger partial charge on any atom is 0.266 e. The van der Waals surface area contributed by atoms with E-state index in [1.165, 1.54) is 7.05 Å². The molecule has 1 N–H and O–H groups in total. The first kappa shape index (κ1) is 48.6. The molecule has 73 heavy (non-hydrogen) atoms. The molecule has 2 aromatic heterocycles. The van der Waals surface area contributed by atoms with E-state index in [4.69, 9.17) is 14.7 Å². The molecule has 6 heterocycles. The molecule has 0 saturated carbocycles. The van der Waals surface area contributed by atoms with Gasteiger partial charge in [-0.2, -0.15) is 0 Å². The number of hydrogen-bond donors (Lipinski definition) is 1. The van der Waals surface area contributed by atoms with Gasteiger partial charge in [0.05, 0.1) is 42.0 Å². The number of nitrogens with one attached hydrogen (secondary N) is 1. The van der Waals surface area contributed by atoms with Crippen LogP contribution in [0.2, 0.25) is 0 Å². The maximum atomic E-state index is 13.7. The van der Waals surface area contributed by atoms with Gasteiger partial charge >= 0.3 is 0 Å². The van der Waals surface area contributed by atoms with Crippen LogP contribution in [0.5, 0.6) is 5.75 Å². The Balaban J connectivity index is 0.631. The van der Waals surface area contributed by atoms with Gasteiger partial charge < -0.3 is 19.9 Å². The van der Waals surface area contributed by atoms with Gasteiger partial charge in [-0.1, -0.05) is 72.5 Å². The monoisotopic (exact) mass is 975 g/mol. The third kappa shape index (κ3) is 10.6. The summed E-state index contributed by atoms with van der Waals surface area (Å²) in [5.74, 6) is 6.43. The van der Waals surface area contributed by atoms with Crippen molar-refractivity contribution in [2.24, 2.45) is 0 Å². The summed E-state index contributed by atoms with van der Waals surface area (Å²) in [5, 5.41) is 4.26. The van der Waals surface area contributed by atoms with Crippen molar-refractivity contribution in [1.82, 2.24) is 39.5 Å². The van der Waals surface area contributed by atoms with Crippen LogP contribution < -0.4 is 10.1 Å². The molecule has 0 radical (unpaired) electrons. The third-order valence-corrected chi connectivity index (χ3v) is 14.2. The summed E-state index contributed by atoms with van der Waals surface area (Å²) in [5.41, 5.74) is 7.71. The second kappa shape index (κ2) is 21.7. The first-order valence-electron chi connectivity index (χ1n) is 25.1. The Morgan fingerprint density at radius 2 is 1.56 bits per heavy atom. The number of anilines is 1. The van der Waals surface area contributed by atoms with Gasteiger partial charge in [0.2, 0.25) is 5.91 Å². The van der Waals surface area contributed by atoms with E-state index < -0.39 is 23.8 Å². The van der Waals surface area contributed by atoms with Gasteiger partial charge in [0.1, 0.15) is 17.6 Å². The van der Waals surface area contributed by atoms with Gasteiger partial charge in [-0.05, 0) is 98.3 Å². The number of benzene rings is 4. The lowest BCUT2D eigenvalue weighted by atomic mass is 10.0. The minimum absolute atomic E-state index is 0.0265. The van der Waals surface area contributed by atoms with E-state index >= 15 is 0 Å². The number of carbonyl (C=O) groups is 5. The van der Waals surface area contributed by atoms with Crippen LogP contribution in [0.1, 0.15) is 91.1 Å². The fraction of sp³-hybridized carbons (Fsp3) is 0.310. The average Bonchev–Trinajstić information content (AvgIpc) is 3.68. The van der Waals surface area contributed by atoms with Crippen molar-refractivity contribution < 1.29 is 28.7 Å². The molecule has 10 rings (SSSR count). The number of imide groups is 2. The quantitative estimate of drug-likeness (QED) is 0.0513. The summed E-state index contributed by atoms with van der Waals surface area (Å²) in [6, 6.07) is 29.9. The van der Waals surface area contributed by atoms with Gasteiger partial charge in [-0.25, -0.2) is 9.97 Å². The lowest BCUT2D eigenvalue weighted by Gasteiger charge is -2.33. The molecule has 4 aliphatic heterocycles. The molecule has 2 fully saturated rings. The highest BCUT2D eigenvalue weighted by Gasteiger charge is 2.47. The molecule has 4 aromatic carbocycles. The van der Waals surface area contributed by atoms with Crippen LogP contribution in [-0.2, 0) is 22.6 Å². The zero-order valence-electron chi connectivity index (χ0n) is 41.2. The Hall–Kier alpha value is -8.06. The molecule has 0 bridgehead atoms. The highest BCUT2D eigenvalue weighted by Crippen LogP contribution is 2.35. The fourth-order valence-electron chi connectivity index (χ4n) is 9.96. The molecular weight excluding hydrogens is 919 g/mol. The molecule has 0 spiro atoms. The predicted octanol–water partition coefficient (Wildman–Crippen LogP) is 7.06. The zero-order chi connectivity index (χ0) is 50.4. The first-order chi connectivity index (χ1) is 35.6.